The van der Waals surface area contributed by atoms with E-state index in [1.165, 1.54) is 13.2 Å². The average molecular weight is 367 g/mol. The molecule has 0 spiro atoms. The highest BCUT2D eigenvalue weighted by molar-refractivity contribution is 6.07. The number of carbonyl (C=O) groups excluding carboxylic acids is 1. The van der Waals surface area contributed by atoms with Gasteiger partial charge in [-0.05, 0) is 30.7 Å². The molecule has 0 bridgehead atoms. The summed E-state index contributed by atoms with van der Waals surface area (Å²) >= 11 is 0. The van der Waals surface area contributed by atoms with Gasteiger partial charge in [-0.25, -0.2) is 14.8 Å². The Morgan fingerprint density at radius 3 is 2.89 bits per heavy atom. The van der Waals surface area contributed by atoms with Crippen LogP contribution in [0.15, 0.2) is 45.9 Å². The molecule has 1 aliphatic rings. The lowest BCUT2D eigenvalue weighted by Crippen LogP contribution is -2.33. The molecule has 138 valence electrons. The smallest absolute Gasteiger partial charge is 0.240 e. The predicted molar refractivity (Wildman–Crippen MR) is 99.0 cm³/mol. The number of hydrogen-bond donors (Lipinski definition) is 1. The number of hydrazone groups is 1. The molecular weight excluding hydrogens is 349 g/mol. The Balaban J connectivity index is 1.73. The molecule has 2 aromatic carbocycles. The van der Waals surface area contributed by atoms with Gasteiger partial charge in [-0.15, -0.1) is 0 Å². The van der Waals surface area contributed by atoms with E-state index < -0.39 is 5.82 Å². The van der Waals surface area contributed by atoms with E-state index in [4.69, 9.17) is 9.15 Å². The van der Waals surface area contributed by atoms with Crippen molar-refractivity contribution in [3.63, 3.8) is 0 Å². The van der Waals surface area contributed by atoms with E-state index >= 15 is 0 Å². The maximum absolute atomic E-state index is 14.3. The second-order valence-electron chi connectivity index (χ2n) is 6.39. The van der Waals surface area contributed by atoms with E-state index in [1.807, 2.05) is 25.1 Å². The number of oxazole rings is 1. The number of amides is 1. The molecule has 1 N–H and O–H groups in total. The Hall–Kier alpha value is -3.22. The largest absolute Gasteiger partial charge is 0.497 e. The van der Waals surface area contributed by atoms with Crippen molar-refractivity contribution in [1.82, 2.24) is 10.4 Å². The molecule has 1 amide bonds. The topological polar surface area (TPSA) is 76.7 Å². The zero-order chi connectivity index (χ0) is 19.0. The summed E-state index contributed by atoms with van der Waals surface area (Å²) in [5.41, 5.74) is 5.62. The first kappa shape index (κ1) is 17.2. The second-order valence-corrected chi connectivity index (χ2v) is 6.39. The third kappa shape index (κ3) is 3.16. The Morgan fingerprint density at radius 1 is 1.30 bits per heavy atom. The number of halogens is 1. The number of hydrogen-bond acceptors (Lipinski definition) is 5. The van der Waals surface area contributed by atoms with Crippen LogP contribution in [0.3, 0.4) is 0 Å². The van der Waals surface area contributed by atoms with Gasteiger partial charge in [-0.1, -0.05) is 13.0 Å². The monoisotopic (exact) mass is 367 g/mol. The molecule has 1 unspecified atom stereocenters. The molecule has 6 nitrogen and oxygen atoms in total. The SMILES string of the molecule is CCC1CC(=O)NN=C1c1ccc2nc(-c3ccc(OC)cc3F)oc2c1. The fourth-order valence-electron chi connectivity index (χ4n) is 3.21. The minimum Gasteiger partial charge on any atom is -0.497 e. The zero-order valence-electron chi connectivity index (χ0n) is 15.0. The third-order valence-electron chi connectivity index (χ3n) is 4.70. The molecule has 27 heavy (non-hydrogen) atoms. The van der Waals surface area contributed by atoms with Crippen LogP contribution in [0.25, 0.3) is 22.6 Å². The van der Waals surface area contributed by atoms with Crippen LogP contribution in [0.1, 0.15) is 25.3 Å². The minimum absolute atomic E-state index is 0.0534. The van der Waals surface area contributed by atoms with Crippen molar-refractivity contribution >= 4 is 22.7 Å². The number of nitrogens with zero attached hydrogens (tertiary/aromatic N) is 2. The Bertz CT molecular complexity index is 1060. The molecule has 0 saturated carbocycles. The molecule has 7 heteroatoms. The van der Waals surface area contributed by atoms with E-state index in [0.29, 0.717) is 23.3 Å². The molecule has 2 heterocycles. The highest BCUT2D eigenvalue weighted by atomic mass is 19.1. The van der Waals surface area contributed by atoms with Gasteiger partial charge in [0.1, 0.15) is 17.1 Å². The summed E-state index contributed by atoms with van der Waals surface area (Å²) in [5, 5.41) is 4.22. The summed E-state index contributed by atoms with van der Waals surface area (Å²) < 4.78 is 25.1. The summed E-state index contributed by atoms with van der Waals surface area (Å²) in [6, 6.07) is 10.0. The lowest BCUT2D eigenvalue weighted by molar-refractivity contribution is -0.122. The van der Waals surface area contributed by atoms with E-state index in [1.54, 1.807) is 12.1 Å². The third-order valence-corrected chi connectivity index (χ3v) is 4.70. The molecule has 4 rings (SSSR count). The fraction of sp³-hybridized carbons (Fsp3) is 0.250. The van der Waals surface area contributed by atoms with Gasteiger partial charge in [0.15, 0.2) is 5.58 Å². The maximum Gasteiger partial charge on any atom is 0.240 e. The predicted octanol–water partition coefficient (Wildman–Crippen LogP) is 3.89. The van der Waals surface area contributed by atoms with E-state index in [2.05, 4.69) is 15.5 Å². The lowest BCUT2D eigenvalue weighted by Gasteiger charge is -2.21. The zero-order valence-corrected chi connectivity index (χ0v) is 15.0. The van der Waals surface area contributed by atoms with Gasteiger partial charge in [0, 0.05) is 24.0 Å². The van der Waals surface area contributed by atoms with Gasteiger partial charge in [-0.3, -0.25) is 4.79 Å². The number of nitrogens with one attached hydrogen (secondary N) is 1. The molecule has 1 atom stereocenters. The maximum atomic E-state index is 14.3. The lowest BCUT2D eigenvalue weighted by atomic mass is 9.90. The molecule has 0 radical (unpaired) electrons. The van der Waals surface area contributed by atoms with Gasteiger partial charge in [-0.2, -0.15) is 5.10 Å². The van der Waals surface area contributed by atoms with Gasteiger partial charge in [0.05, 0.1) is 18.4 Å². The molecular formula is C20H18FN3O3. The van der Waals surface area contributed by atoms with Crippen molar-refractivity contribution < 1.29 is 18.3 Å². The number of carbonyl (C=O) groups is 1. The summed E-state index contributed by atoms with van der Waals surface area (Å²) in [6.45, 7) is 2.02. The highest BCUT2D eigenvalue weighted by Crippen LogP contribution is 2.30. The van der Waals surface area contributed by atoms with E-state index in [-0.39, 0.29) is 23.3 Å². The summed E-state index contributed by atoms with van der Waals surface area (Å²) in [6.07, 6.45) is 1.22. The quantitative estimate of drug-likeness (QED) is 0.759. The summed E-state index contributed by atoms with van der Waals surface area (Å²) in [5.74, 6) is 0.138. The van der Waals surface area contributed by atoms with Crippen LogP contribution in [0.4, 0.5) is 4.39 Å². The standard InChI is InChI=1S/C20H18FN3O3/c1-3-11-9-18(25)23-24-19(11)12-4-7-16-17(8-12)27-20(22-16)14-6-5-13(26-2)10-15(14)21/h4-8,10-11H,3,9H2,1-2H3,(H,23,25). The summed E-state index contributed by atoms with van der Waals surface area (Å²) in [4.78, 5) is 15.9. The molecule has 1 aromatic heterocycles. The normalized spacial score (nSPS) is 16.9. The molecule has 0 fully saturated rings. The Morgan fingerprint density at radius 2 is 2.15 bits per heavy atom. The van der Waals surface area contributed by atoms with Crippen LogP contribution in [0.2, 0.25) is 0 Å². The van der Waals surface area contributed by atoms with Gasteiger partial charge < -0.3 is 9.15 Å². The second kappa shape index (κ2) is 6.83. The molecule has 3 aromatic rings. The molecule has 0 saturated heterocycles. The van der Waals surface area contributed by atoms with Crippen LogP contribution < -0.4 is 10.2 Å². The Kier molecular flexibility index (Phi) is 4.35. The van der Waals surface area contributed by atoms with Crippen LogP contribution in [-0.2, 0) is 4.79 Å². The number of aromatic nitrogens is 1. The van der Waals surface area contributed by atoms with E-state index in [9.17, 15) is 9.18 Å². The van der Waals surface area contributed by atoms with Crippen molar-refractivity contribution in [2.75, 3.05) is 7.11 Å². The van der Waals surface area contributed by atoms with Crippen LogP contribution in [0, 0.1) is 11.7 Å². The number of methoxy groups -OCH3 is 1. The van der Waals surface area contributed by atoms with Crippen molar-refractivity contribution in [1.29, 1.82) is 0 Å². The minimum atomic E-state index is -0.466. The van der Waals surface area contributed by atoms with E-state index in [0.717, 1.165) is 17.7 Å². The van der Waals surface area contributed by atoms with Crippen molar-refractivity contribution in [3.05, 3.63) is 47.8 Å². The highest BCUT2D eigenvalue weighted by Gasteiger charge is 2.24. The molecule has 1 aliphatic heterocycles. The van der Waals surface area contributed by atoms with Crippen molar-refractivity contribution in [2.24, 2.45) is 11.0 Å². The first-order valence-corrected chi connectivity index (χ1v) is 8.70. The average Bonchev–Trinajstić information content (AvgIpc) is 3.10. The van der Waals surface area contributed by atoms with Crippen molar-refractivity contribution in [2.45, 2.75) is 19.8 Å². The van der Waals surface area contributed by atoms with Gasteiger partial charge >= 0.3 is 0 Å². The fourth-order valence-corrected chi connectivity index (χ4v) is 3.21. The number of fused-ring (bicyclic) bond motifs is 1. The summed E-state index contributed by atoms with van der Waals surface area (Å²) in [7, 11) is 1.48. The van der Waals surface area contributed by atoms with Gasteiger partial charge in [0.25, 0.3) is 0 Å². The molecule has 0 aliphatic carbocycles. The van der Waals surface area contributed by atoms with Crippen LogP contribution >= 0.6 is 0 Å². The van der Waals surface area contributed by atoms with Crippen molar-refractivity contribution in [3.8, 4) is 17.2 Å². The van der Waals surface area contributed by atoms with Gasteiger partial charge in [0.2, 0.25) is 11.8 Å². The number of rotatable bonds is 4. The van der Waals surface area contributed by atoms with Crippen LogP contribution in [0.5, 0.6) is 5.75 Å². The first-order chi connectivity index (χ1) is 13.1. The first-order valence-electron chi connectivity index (χ1n) is 8.70. The van der Waals surface area contributed by atoms with Crippen LogP contribution in [-0.4, -0.2) is 23.7 Å². The Labute approximate surface area is 155 Å². The number of ether oxygens (including phenoxy) is 1. The number of benzene rings is 2.